The molecule has 1 rings (SSSR count). The van der Waals surface area contributed by atoms with Gasteiger partial charge in [-0.1, -0.05) is 29.3 Å². The van der Waals surface area contributed by atoms with E-state index in [9.17, 15) is 0 Å². The van der Waals surface area contributed by atoms with E-state index in [2.05, 4.69) is 0 Å². The highest BCUT2D eigenvalue weighted by atomic mass is 35.5. The van der Waals surface area contributed by atoms with E-state index in [1.165, 1.54) is 0 Å². The zero-order valence-electron chi connectivity index (χ0n) is 8.67. The van der Waals surface area contributed by atoms with Crippen LogP contribution < -0.4 is 10.5 Å². The topological polar surface area (TPSA) is 35.2 Å². The van der Waals surface area contributed by atoms with E-state index in [-0.39, 0.29) is 6.04 Å². The Balaban J connectivity index is 2.43. The molecule has 84 valence electrons. The molecule has 0 saturated heterocycles. The molecule has 0 fully saturated rings. The number of hydrogen-bond donors (Lipinski definition) is 1. The van der Waals surface area contributed by atoms with Gasteiger partial charge in [0.2, 0.25) is 0 Å². The van der Waals surface area contributed by atoms with Crippen LogP contribution in [0.1, 0.15) is 19.8 Å². The van der Waals surface area contributed by atoms with Crippen molar-refractivity contribution in [2.45, 2.75) is 25.8 Å². The lowest BCUT2D eigenvalue weighted by molar-refractivity contribution is 0.303. The number of benzene rings is 1. The molecule has 0 saturated carbocycles. The van der Waals surface area contributed by atoms with E-state index >= 15 is 0 Å². The average Bonchev–Trinajstić information content (AvgIpc) is 2.15. The van der Waals surface area contributed by atoms with Gasteiger partial charge in [0.25, 0.3) is 0 Å². The smallest absolute Gasteiger partial charge is 0.156 e. The predicted octanol–water partition coefficient (Wildman–Crippen LogP) is 3.50. The molecule has 0 aliphatic rings. The molecule has 1 atom stereocenters. The lowest BCUT2D eigenvalue weighted by Gasteiger charge is -2.10. The monoisotopic (exact) mass is 247 g/mol. The summed E-state index contributed by atoms with van der Waals surface area (Å²) in [7, 11) is 0. The summed E-state index contributed by atoms with van der Waals surface area (Å²) in [5.41, 5.74) is 5.62. The molecule has 0 aliphatic carbocycles. The van der Waals surface area contributed by atoms with Crippen molar-refractivity contribution in [3.8, 4) is 5.75 Å². The normalized spacial score (nSPS) is 12.5. The minimum atomic E-state index is 0.204. The first-order valence-corrected chi connectivity index (χ1v) is 5.69. The molecule has 1 aromatic carbocycles. The van der Waals surface area contributed by atoms with Crippen molar-refractivity contribution in [1.82, 2.24) is 0 Å². The van der Waals surface area contributed by atoms with Gasteiger partial charge in [0.15, 0.2) is 5.75 Å². The lowest BCUT2D eigenvalue weighted by Crippen LogP contribution is -2.15. The second kappa shape index (κ2) is 6.21. The van der Waals surface area contributed by atoms with E-state index in [0.29, 0.717) is 22.4 Å². The van der Waals surface area contributed by atoms with Crippen LogP contribution >= 0.6 is 23.2 Å². The Labute approximate surface area is 100 Å². The maximum absolute atomic E-state index is 5.94. The Morgan fingerprint density at radius 3 is 2.47 bits per heavy atom. The standard InChI is InChI=1S/C11H15Cl2NO/c1-8(14)4-3-7-15-11-9(12)5-2-6-10(11)13/h2,5-6,8H,3-4,7,14H2,1H3. The summed E-state index contributed by atoms with van der Waals surface area (Å²) in [6.07, 6.45) is 1.83. The largest absolute Gasteiger partial charge is 0.490 e. The fraction of sp³-hybridized carbons (Fsp3) is 0.455. The van der Waals surface area contributed by atoms with Gasteiger partial charge in [-0.2, -0.15) is 0 Å². The minimum absolute atomic E-state index is 0.204. The summed E-state index contributed by atoms with van der Waals surface area (Å²) in [6, 6.07) is 5.51. The average molecular weight is 248 g/mol. The molecule has 15 heavy (non-hydrogen) atoms. The van der Waals surface area contributed by atoms with Crippen LogP contribution in [0.15, 0.2) is 18.2 Å². The van der Waals surface area contributed by atoms with Crippen molar-refractivity contribution in [2.75, 3.05) is 6.61 Å². The van der Waals surface area contributed by atoms with Gasteiger partial charge >= 0.3 is 0 Å². The number of hydrogen-bond acceptors (Lipinski definition) is 2. The van der Waals surface area contributed by atoms with E-state index < -0.39 is 0 Å². The summed E-state index contributed by atoms with van der Waals surface area (Å²) in [4.78, 5) is 0. The van der Waals surface area contributed by atoms with Crippen LogP contribution in [0.2, 0.25) is 10.0 Å². The van der Waals surface area contributed by atoms with Gasteiger partial charge in [0, 0.05) is 6.04 Å². The van der Waals surface area contributed by atoms with Crippen molar-refractivity contribution in [2.24, 2.45) is 5.73 Å². The highest BCUT2D eigenvalue weighted by molar-refractivity contribution is 6.37. The fourth-order valence-corrected chi connectivity index (χ4v) is 1.71. The molecule has 0 aromatic heterocycles. The summed E-state index contributed by atoms with van der Waals surface area (Å²) < 4.78 is 5.50. The van der Waals surface area contributed by atoms with Crippen molar-refractivity contribution in [3.63, 3.8) is 0 Å². The maximum Gasteiger partial charge on any atom is 0.156 e. The molecule has 0 amide bonds. The number of ether oxygens (including phenoxy) is 1. The third kappa shape index (κ3) is 4.29. The summed E-state index contributed by atoms with van der Waals surface area (Å²) in [6.45, 7) is 2.56. The molecule has 2 N–H and O–H groups in total. The molecule has 0 radical (unpaired) electrons. The molecule has 1 aromatic rings. The lowest BCUT2D eigenvalue weighted by atomic mass is 10.2. The van der Waals surface area contributed by atoms with Crippen LogP contribution in [0.4, 0.5) is 0 Å². The third-order valence-corrected chi connectivity index (χ3v) is 2.56. The molecule has 0 heterocycles. The summed E-state index contributed by atoms with van der Waals surface area (Å²) in [5.74, 6) is 0.561. The van der Waals surface area contributed by atoms with E-state index in [1.807, 2.05) is 6.92 Å². The zero-order valence-corrected chi connectivity index (χ0v) is 10.2. The Hall–Kier alpha value is -0.440. The summed E-state index contributed by atoms with van der Waals surface area (Å²) in [5, 5.41) is 1.09. The first-order valence-electron chi connectivity index (χ1n) is 4.93. The Kier molecular flexibility index (Phi) is 5.23. The third-order valence-electron chi connectivity index (χ3n) is 1.97. The van der Waals surface area contributed by atoms with Crippen molar-refractivity contribution < 1.29 is 4.74 Å². The Morgan fingerprint density at radius 1 is 1.33 bits per heavy atom. The van der Waals surface area contributed by atoms with Crippen LogP contribution in [0.3, 0.4) is 0 Å². The molecule has 0 aliphatic heterocycles. The SMILES string of the molecule is CC(N)CCCOc1c(Cl)cccc1Cl. The van der Waals surface area contributed by atoms with Crippen molar-refractivity contribution >= 4 is 23.2 Å². The number of halogens is 2. The molecule has 2 nitrogen and oxygen atoms in total. The predicted molar refractivity (Wildman–Crippen MR) is 64.8 cm³/mol. The van der Waals surface area contributed by atoms with Crippen molar-refractivity contribution in [1.29, 1.82) is 0 Å². The Morgan fingerprint density at radius 2 is 1.93 bits per heavy atom. The van der Waals surface area contributed by atoms with Gasteiger partial charge in [-0.05, 0) is 31.9 Å². The number of rotatable bonds is 5. The first-order chi connectivity index (χ1) is 7.11. The summed E-state index contributed by atoms with van der Waals surface area (Å²) >= 11 is 11.9. The Bertz CT molecular complexity index is 295. The van der Waals surface area contributed by atoms with E-state index in [1.54, 1.807) is 18.2 Å². The highest BCUT2D eigenvalue weighted by Gasteiger charge is 2.06. The molecule has 4 heteroatoms. The van der Waals surface area contributed by atoms with Gasteiger partial charge in [-0.25, -0.2) is 0 Å². The number of para-hydroxylation sites is 1. The fourth-order valence-electron chi connectivity index (χ4n) is 1.20. The quantitative estimate of drug-likeness (QED) is 0.809. The molecule has 1 unspecified atom stereocenters. The van der Waals surface area contributed by atoms with E-state index in [4.69, 9.17) is 33.7 Å². The van der Waals surface area contributed by atoms with Gasteiger partial charge in [0.05, 0.1) is 16.7 Å². The first kappa shape index (κ1) is 12.6. The van der Waals surface area contributed by atoms with Crippen molar-refractivity contribution in [3.05, 3.63) is 28.2 Å². The van der Waals surface area contributed by atoms with Gasteiger partial charge in [-0.15, -0.1) is 0 Å². The molecular weight excluding hydrogens is 233 g/mol. The van der Waals surface area contributed by atoms with Crippen LogP contribution in [0, 0.1) is 0 Å². The van der Waals surface area contributed by atoms with Crippen LogP contribution in [-0.2, 0) is 0 Å². The van der Waals surface area contributed by atoms with Crippen LogP contribution in [-0.4, -0.2) is 12.6 Å². The van der Waals surface area contributed by atoms with E-state index in [0.717, 1.165) is 12.8 Å². The van der Waals surface area contributed by atoms with Gasteiger partial charge in [0.1, 0.15) is 0 Å². The van der Waals surface area contributed by atoms with Gasteiger partial charge in [-0.3, -0.25) is 0 Å². The second-order valence-electron chi connectivity index (χ2n) is 3.52. The van der Waals surface area contributed by atoms with Gasteiger partial charge < -0.3 is 10.5 Å². The molecular formula is C11H15Cl2NO. The molecule has 0 bridgehead atoms. The maximum atomic E-state index is 5.94. The minimum Gasteiger partial charge on any atom is -0.490 e. The molecule has 0 spiro atoms. The van der Waals surface area contributed by atoms with Crippen LogP contribution in [0.25, 0.3) is 0 Å². The number of nitrogens with two attached hydrogens (primary N) is 1. The second-order valence-corrected chi connectivity index (χ2v) is 4.33. The van der Waals surface area contributed by atoms with Crippen LogP contribution in [0.5, 0.6) is 5.75 Å². The highest BCUT2D eigenvalue weighted by Crippen LogP contribution is 2.32. The zero-order chi connectivity index (χ0) is 11.3.